The number of H-pyrrole nitrogens is 1. The van der Waals surface area contributed by atoms with Crippen LogP contribution in [0.1, 0.15) is 5.56 Å². The highest BCUT2D eigenvalue weighted by molar-refractivity contribution is 6.02. The number of amides is 1. The molecule has 0 spiro atoms. The highest BCUT2D eigenvalue weighted by Crippen LogP contribution is 2.20. The SMILES string of the molecule is N[C@@H](Cc1ccccc1)C(=O)Nc1cccc2cn[nH]c12. The molecule has 0 saturated heterocycles. The summed E-state index contributed by atoms with van der Waals surface area (Å²) in [6, 6.07) is 14.8. The Morgan fingerprint density at radius 2 is 2.00 bits per heavy atom. The number of hydrogen-bond acceptors (Lipinski definition) is 3. The van der Waals surface area contributed by atoms with Crippen molar-refractivity contribution < 1.29 is 4.79 Å². The van der Waals surface area contributed by atoms with Crippen molar-refractivity contribution in [3.05, 3.63) is 60.3 Å². The maximum absolute atomic E-state index is 12.2. The van der Waals surface area contributed by atoms with Crippen LogP contribution >= 0.6 is 0 Å². The summed E-state index contributed by atoms with van der Waals surface area (Å²) in [7, 11) is 0. The number of aromatic nitrogens is 2. The Labute approximate surface area is 122 Å². The van der Waals surface area contributed by atoms with E-state index in [0.29, 0.717) is 12.1 Å². The van der Waals surface area contributed by atoms with Crippen LogP contribution in [0, 0.1) is 0 Å². The number of aromatic amines is 1. The van der Waals surface area contributed by atoms with E-state index in [-0.39, 0.29) is 5.91 Å². The summed E-state index contributed by atoms with van der Waals surface area (Å²) in [6.45, 7) is 0. The van der Waals surface area contributed by atoms with E-state index in [1.54, 1.807) is 6.20 Å². The normalized spacial score (nSPS) is 12.2. The van der Waals surface area contributed by atoms with E-state index in [0.717, 1.165) is 16.5 Å². The number of benzene rings is 2. The molecule has 1 amide bonds. The number of hydrogen-bond donors (Lipinski definition) is 3. The number of carbonyl (C=O) groups is 1. The molecule has 0 unspecified atom stereocenters. The fourth-order valence-electron chi connectivity index (χ4n) is 2.26. The third kappa shape index (κ3) is 2.93. The van der Waals surface area contributed by atoms with E-state index in [4.69, 9.17) is 5.73 Å². The lowest BCUT2D eigenvalue weighted by atomic mass is 10.1. The molecule has 0 saturated carbocycles. The lowest BCUT2D eigenvalue weighted by molar-refractivity contribution is -0.117. The number of anilines is 1. The van der Waals surface area contributed by atoms with Gasteiger partial charge in [0.15, 0.2) is 0 Å². The van der Waals surface area contributed by atoms with Crippen molar-refractivity contribution in [1.29, 1.82) is 0 Å². The molecule has 1 heterocycles. The summed E-state index contributed by atoms with van der Waals surface area (Å²) in [5.41, 5.74) is 8.52. The Morgan fingerprint density at radius 1 is 1.19 bits per heavy atom. The minimum atomic E-state index is -0.592. The Bertz CT molecular complexity index is 751. The van der Waals surface area contributed by atoms with E-state index >= 15 is 0 Å². The molecule has 3 aromatic rings. The minimum Gasteiger partial charge on any atom is -0.323 e. The van der Waals surface area contributed by atoms with Gasteiger partial charge in [0.1, 0.15) is 0 Å². The van der Waals surface area contributed by atoms with Crippen LogP contribution in [0.25, 0.3) is 10.9 Å². The number of nitrogens with zero attached hydrogens (tertiary/aromatic N) is 1. The van der Waals surface area contributed by atoms with Gasteiger partial charge in [0.2, 0.25) is 5.91 Å². The van der Waals surface area contributed by atoms with Crippen LogP contribution in [0.2, 0.25) is 0 Å². The molecule has 2 aromatic carbocycles. The van der Waals surface area contributed by atoms with E-state index in [2.05, 4.69) is 15.5 Å². The van der Waals surface area contributed by atoms with Gasteiger partial charge < -0.3 is 11.1 Å². The summed E-state index contributed by atoms with van der Waals surface area (Å²) in [6.07, 6.45) is 2.22. The van der Waals surface area contributed by atoms with Gasteiger partial charge >= 0.3 is 0 Å². The molecule has 5 nitrogen and oxygen atoms in total. The minimum absolute atomic E-state index is 0.207. The van der Waals surface area contributed by atoms with E-state index in [1.165, 1.54) is 0 Å². The molecule has 0 bridgehead atoms. The quantitative estimate of drug-likeness (QED) is 0.684. The molecule has 0 radical (unpaired) electrons. The van der Waals surface area contributed by atoms with Gasteiger partial charge in [-0.05, 0) is 18.1 Å². The second-order valence-electron chi connectivity index (χ2n) is 4.93. The molecule has 21 heavy (non-hydrogen) atoms. The van der Waals surface area contributed by atoms with Crippen LogP contribution in [0.5, 0.6) is 0 Å². The third-order valence-corrected chi connectivity index (χ3v) is 3.37. The van der Waals surface area contributed by atoms with Crippen molar-refractivity contribution >= 4 is 22.5 Å². The summed E-state index contributed by atoms with van der Waals surface area (Å²) in [4.78, 5) is 12.2. The highest BCUT2D eigenvalue weighted by atomic mass is 16.2. The lowest BCUT2D eigenvalue weighted by Crippen LogP contribution is -2.37. The maximum Gasteiger partial charge on any atom is 0.241 e. The summed E-state index contributed by atoms with van der Waals surface area (Å²) in [5.74, 6) is -0.207. The van der Waals surface area contributed by atoms with Gasteiger partial charge in [0.05, 0.1) is 23.4 Å². The number of fused-ring (bicyclic) bond motifs is 1. The van der Waals surface area contributed by atoms with E-state index < -0.39 is 6.04 Å². The first-order chi connectivity index (χ1) is 10.2. The van der Waals surface area contributed by atoms with Crippen molar-refractivity contribution in [2.45, 2.75) is 12.5 Å². The predicted octanol–water partition coefficient (Wildman–Crippen LogP) is 2.07. The molecule has 5 heteroatoms. The average molecular weight is 280 g/mol. The largest absolute Gasteiger partial charge is 0.323 e. The Hall–Kier alpha value is -2.66. The molecule has 4 N–H and O–H groups in total. The first-order valence-electron chi connectivity index (χ1n) is 6.76. The first-order valence-corrected chi connectivity index (χ1v) is 6.76. The van der Waals surface area contributed by atoms with Crippen LogP contribution in [0.3, 0.4) is 0 Å². The van der Waals surface area contributed by atoms with Crippen molar-refractivity contribution in [3.8, 4) is 0 Å². The maximum atomic E-state index is 12.2. The molecule has 1 atom stereocenters. The van der Waals surface area contributed by atoms with Crippen LogP contribution in [0.4, 0.5) is 5.69 Å². The second kappa shape index (κ2) is 5.76. The number of carbonyl (C=O) groups excluding carboxylic acids is 1. The molecule has 0 aliphatic carbocycles. The van der Waals surface area contributed by atoms with Crippen LogP contribution in [0.15, 0.2) is 54.7 Å². The Kier molecular flexibility index (Phi) is 3.66. The predicted molar refractivity (Wildman–Crippen MR) is 82.8 cm³/mol. The topological polar surface area (TPSA) is 83.8 Å². The van der Waals surface area contributed by atoms with Gasteiger partial charge in [0, 0.05) is 5.39 Å². The smallest absolute Gasteiger partial charge is 0.241 e. The first kappa shape index (κ1) is 13.3. The molecular weight excluding hydrogens is 264 g/mol. The van der Waals surface area contributed by atoms with Gasteiger partial charge in [-0.3, -0.25) is 9.89 Å². The van der Waals surface area contributed by atoms with Crippen molar-refractivity contribution in [2.24, 2.45) is 5.73 Å². The number of nitrogens with one attached hydrogen (secondary N) is 2. The Balaban J connectivity index is 1.72. The fraction of sp³-hybridized carbons (Fsp3) is 0.125. The van der Waals surface area contributed by atoms with Gasteiger partial charge in [-0.15, -0.1) is 0 Å². The highest BCUT2D eigenvalue weighted by Gasteiger charge is 2.15. The molecule has 0 aliphatic heterocycles. The van der Waals surface area contributed by atoms with Crippen LogP contribution in [-0.4, -0.2) is 22.1 Å². The Morgan fingerprint density at radius 3 is 2.81 bits per heavy atom. The molecule has 0 fully saturated rings. The molecule has 106 valence electrons. The van der Waals surface area contributed by atoms with Gasteiger partial charge in [-0.25, -0.2) is 0 Å². The molecule has 1 aromatic heterocycles. The zero-order valence-electron chi connectivity index (χ0n) is 11.4. The summed E-state index contributed by atoms with van der Waals surface area (Å²) in [5, 5.41) is 10.7. The molecule has 0 aliphatic rings. The van der Waals surface area contributed by atoms with Gasteiger partial charge in [-0.1, -0.05) is 42.5 Å². The standard InChI is InChI=1S/C16H16N4O/c17-13(9-11-5-2-1-3-6-11)16(21)19-14-8-4-7-12-10-18-20-15(12)14/h1-8,10,13H,9,17H2,(H,18,20)(H,19,21)/t13-/m0/s1. The van der Waals surface area contributed by atoms with Crippen molar-refractivity contribution in [1.82, 2.24) is 10.2 Å². The fourth-order valence-corrected chi connectivity index (χ4v) is 2.26. The third-order valence-electron chi connectivity index (χ3n) is 3.37. The lowest BCUT2D eigenvalue weighted by Gasteiger charge is -2.12. The monoisotopic (exact) mass is 280 g/mol. The number of para-hydroxylation sites is 1. The van der Waals surface area contributed by atoms with Crippen LogP contribution < -0.4 is 11.1 Å². The zero-order valence-corrected chi connectivity index (χ0v) is 11.4. The van der Waals surface area contributed by atoms with Gasteiger partial charge in [-0.2, -0.15) is 5.10 Å². The van der Waals surface area contributed by atoms with Crippen molar-refractivity contribution in [2.75, 3.05) is 5.32 Å². The number of nitrogens with two attached hydrogens (primary N) is 1. The zero-order chi connectivity index (χ0) is 14.7. The van der Waals surface area contributed by atoms with Crippen molar-refractivity contribution in [3.63, 3.8) is 0 Å². The van der Waals surface area contributed by atoms with E-state index in [9.17, 15) is 4.79 Å². The number of rotatable bonds is 4. The molecular formula is C16H16N4O. The summed E-state index contributed by atoms with van der Waals surface area (Å²) < 4.78 is 0. The second-order valence-corrected chi connectivity index (χ2v) is 4.93. The molecule has 3 rings (SSSR count). The summed E-state index contributed by atoms with van der Waals surface area (Å²) >= 11 is 0. The van der Waals surface area contributed by atoms with E-state index in [1.807, 2.05) is 48.5 Å². The van der Waals surface area contributed by atoms with Crippen LogP contribution in [-0.2, 0) is 11.2 Å². The van der Waals surface area contributed by atoms with Gasteiger partial charge in [0.25, 0.3) is 0 Å². The average Bonchev–Trinajstić information content (AvgIpc) is 2.98.